The third-order valence-electron chi connectivity index (χ3n) is 3.00. The fourth-order valence-corrected chi connectivity index (χ4v) is 2.70. The van der Waals surface area contributed by atoms with E-state index in [1.54, 1.807) is 4.90 Å². The number of hydrogen-bond donors (Lipinski definition) is 1. The zero-order valence-corrected chi connectivity index (χ0v) is 13.1. The first kappa shape index (κ1) is 16.1. The van der Waals surface area contributed by atoms with Crippen molar-refractivity contribution in [1.29, 1.82) is 0 Å². The van der Waals surface area contributed by atoms with Crippen molar-refractivity contribution < 1.29 is 47.6 Å². The molecule has 0 saturated carbocycles. The van der Waals surface area contributed by atoms with Crippen LogP contribution < -0.4 is 29.6 Å². The van der Waals surface area contributed by atoms with Crippen molar-refractivity contribution in [2.75, 3.05) is 13.1 Å². The predicted molar refractivity (Wildman–Crippen MR) is 61.0 cm³/mol. The molecule has 5 nitrogen and oxygen atoms in total. The van der Waals surface area contributed by atoms with Gasteiger partial charge >= 0.3 is 29.6 Å². The average molecular weight is 279 g/mol. The Morgan fingerprint density at radius 1 is 1.33 bits per heavy atom. The Balaban J connectivity index is 0.00000162. The van der Waals surface area contributed by atoms with Crippen molar-refractivity contribution in [3.63, 3.8) is 0 Å². The smallest absolute Gasteiger partial charge is 0.746 e. The number of aliphatic hydroxyl groups is 1. The number of β-amino-alcohol motifs (C(OH)–C–C–N with tert-alkyl or cyclic N) is 1. The van der Waals surface area contributed by atoms with Crippen molar-refractivity contribution in [3.8, 4) is 0 Å². The molecule has 0 aromatic heterocycles. The Morgan fingerprint density at radius 3 is 2.44 bits per heavy atom. The molecule has 1 fully saturated rings. The fourth-order valence-electron chi connectivity index (χ4n) is 2.02. The van der Waals surface area contributed by atoms with E-state index in [0.717, 1.165) is 5.56 Å². The molecule has 7 heteroatoms. The standard InChI is InChI=1S/C11H15NO4S.Na/c13-11(17(14,15)16)6-7-12(9-11)8-10-4-2-1-3-5-10;/h1-5,13H,6-9H2,(H,14,15,16);/q;+1/p-1. The molecule has 1 aromatic carbocycles. The molecule has 1 heterocycles. The van der Waals surface area contributed by atoms with E-state index in [-0.39, 0.29) is 42.5 Å². The van der Waals surface area contributed by atoms with Gasteiger partial charge in [0.15, 0.2) is 4.93 Å². The van der Waals surface area contributed by atoms with E-state index in [2.05, 4.69) is 0 Å². The molecule has 18 heavy (non-hydrogen) atoms. The van der Waals surface area contributed by atoms with Crippen LogP contribution in [0.15, 0.2) is 30.3 Å². The summed E-state index contributed by atoms with van der Waals surface area (Å²) in [5.74, 6) is 0. The molecule has 0 aliphatic carbocycles. The van der Waals surface area contributed by atoms with Crippen LogP contribution in [0.4, 0.5) is 0 Å². The molecule has 0 spiro atoms. The zero-order chi connectivity index (χ0) is 12.5. The number of nitrogens with zero attached hydrogens (tertiary/aromatic N) is 1. The van der Waals surface area contributed by atoms with Gasteiger partial charge in [0.05, 0.1) is 0 Å². The molecule has 0 amide bonds. The van der Waals surface area contributed by atoms with E-state index < -0.39 is 15.1 Å². The minimum absolute atomic E-state index is 0. The first-order valence-corrected chi connectivity index (χ1v) is 6.76. The third kappa shape index (κ3) is 3.54. The van der Waals surface area contributed by atoms with Crippen LogP contribution in [0.5, 0.6) is 0 Å². The molecular formula is C11H14NNaO4S. The van der Waals surface area contributed by atoms with Gasteiger partial charge in [0.1, 0.15) is 10.1 Å². The first-order valence-electron chi connectivity index (χ1n) is 5.35. The topological polar surface area (TPSA) is 80.7 Å². The summed E-state index contributed by atoms with van der Waals surface area (Å²) in [6.07, 6.45) is -0.0222. The quantitative estimate of drug-likeness (QED) is 0.475. The van der Waals surface area contributed by atoms with E-state index in [0.29, 0.717) is 13.1 Å². The maximum absolute atomic E-state index is 10.9. The van der Waals surface area contributed by atoms with E-state index in [4.69, 9.17) is 0 Å². The maximum atomic E-state index is 10.9. The van der Waals surface area contributed by atoms with Gasteiger partial charge in [0, 0.05) is 26.1 Å². The second-order valence-electron chi connectivity index (χ2n) is 4.35. The van der Waals surface area contributed by atoms with Gasteiger partial charge in [-0.25, -0.2) is 8.42 Å². The summed E-state index contributed by atoms with van der Waals surface area (Å²) in [4.78, 5) is -0.355. The molecule has 1 saturated heterocycles. The van der Waals surface area contributed by atoms with Gasteiger partial charge in [0.2, 0.25) is 0 Å². The Bertz CT molecular complexity index is 493. The average Bonchev–Trinajstić information content (AvgIpc) is 2.62. The molecule has 1 unspecified atom stereocenters. The monoisotopic (exact) mass is 279 g/mol. The summed E-state index contributed by atoms with van der Waals surface area (Å²) in [6, 6.07) is 9.52. The molecule has 0 bridgehead atoms. The van der Waals surface area contributed by atoms with Gasteiger partial charge in [-0.3, -0.25) is 4.90 Å². The SMILES string of the molecule is O=S(=O)([O-])C1(O)CCN(Cc2ccccc2)C1.[Na+]. The summed E-state index contributed by atoms with van der Waals surface area (Å²) in [5, 5.41) is 9.73. The molecule has 1 aliphatic heterocycles. The second-order valence-corrected chi connectivity index (χ2v) is 6.01. The number of likely N-dealkylation sites (tertiary alicyclic amines) is 1. The van der Waals surface area contributed by atoms with E-state index in [1.807, 2.05) is 30.3 Å². The minimum atomic E-state index is -4.66. The van der Waals surface area contributed by atoms with Crippen molar-refractivity contribution in [1.82, 2.24) is 4.90 Å². The third-order valence-corrected chi connectivity index (χ3v) is 4.27. The number of hydrogen-bond acceptors (Lipinski definition) is 5. The minimum Gasteiger partial charge on any atom is -0.746 e. The Hall–Kier alpha value is 0.0500. The van der Waals surface area contributed by atoms with Crippen LogP contribution in [-0.4, -0.2) is 41.0 Å². The summed E-state index contributed by atoms with van der Waals surface area (Å²) in [5.41, 5.74) is 1.03. The van der Waals surface area contributed by atoms with E-state index in [1.165, 1.54) is 0 Å². The van der Waals surface area contributed by atoms with E-state index in [9.17, 15) is 18.1 Å². The van der Waals surface area contributed by atoms with Gasteiger partial charge < -0.3 is 9.66 Å². The van der Waals surface area contributed by atoms with Gasteiger partial charge in [-0.05, 0) is 5.56 Å². The van der Waals surface area contributed by atoms with Crippen molar-refractivity contribution in [3.05, 3.63) is 35.9 Å². The zero-order valence-electron chi connectivity index (χ0n) is 10.2. The number of rotatable bonds is 3. The van der Waals surface area contributed by atoms with Crippen molar-refractivity contribution >= 4 is 10.1 Å². The van der Waals surface area contributed by atoms with Gasteiger partial charge in [-0.2, -0.15) is 0 Å². The van der Waals surface area contributed by atoms with Crippen LogP contribution in [0, 0.1) is 0 Å². The van der Waals surface area contributed by atoms with Crippen LogP contribution in [0.1, 0.15) is 12.0 Å². The molecule has 94 valence electrons. The summed E-state index contributed by atoms with van der Waals surface area (Å²) >= 11 is 0. The fraction of sp³-hybridized carbons (Fsp3) is 0.455. The molecule has 1 aromatic rings. The molecule has 0 radical (unpaired) electrons. The molecular weight excluding hydrogens is 265 g/mol. The Labute approximate surface area is 129 Å². The second kappa shape index (κ2) is 6.00. The van der Waals surface area contributed by atoms with Crippen LogP contribution in [0.3, 0.4) is 0 Å². The normalized spacial score (nSPS) is 24.8. The molecule has 1 aliphatic rings. The van der Waals surface area contributed by atoms with Crippen LogP contribution in [0.25, 0.3) is 0 Å². The van der Waals surface area contributed by atoms with E-state index >= 15 is 0 Å². The maximum Gasteiger partial charge on any atom is 1.00 e. The van der Waals surface area contributed by atoms with Crippen molar-refractivity contribution in [2.24, 2.45) is 0 Å². The summed E-state index contributed by atoms with van der Waals surface area (Å²) < 4.78 is 32.8. The van der Waals surface area contributed by atoms with Crippen LogP contribution in [-0.2, 0) is 16.7 Å². The van der Waals surface area contributed by atoms with Crippen LogP contribution >= 0.6 is 0 Å². The predicted octanol–water partition coefficient (Wildman–Crippen LogP) is -2.87. The summed E-state index contributed by atoms with van der Waals surface area (Å²) in [7, 11) is -4.66. The number of benzene rings is 1. The van der Waals surface area contributed by atoms with Gasteiger partial charge in [-0.1, -0.05) is 30.3 Å². The molecule has 1 atom stereocenters. The van der Waals surface area contributed by atoms with Gasteiger partial charge in [0.25, 0.3) is 0 Å². The van der Waals surface area contributed by atoms with Crippen LogP contribution in [0.2, 0.25) is 0 Å². The Morgan fingerprint density at radius 2 is 1.94 bits per heavy atom. The van der Waals surface area contributed by atoms with Gasteiger partial charge in [-0.15, -0.1) is 0 Å². The summed E-state index contributed by atoms with van der Waals surface area (Å²) in [6.45, 7) is 0.833. The van der Waals surface area contributed by atoms with Crippen molar-refractivity contribution in [2.45, 2.75) is 17.9 Å². The largest absolute Gasteiger partial charge is 1.00 e. The first-order chi connectivity index (χ1) is 7.91. The Kier molecular flexibility index (Phi) is 5.37. The molecule has 2 rings (SSSR count). The molecule has 1 N–H and O–H groups in total.